The molecule has 1 fully saturated rings. The monoisotopic (exact) mass is 435 g/mol. The number of rotatable bonds is 6. The van der Waals surface area contributed by atoms with Crippen molar-refractivity contribution < 1.29 is 0 Å². The largest absolute Gasteiger partial charge is 0.348 e. The average molecular weight is 436 g/mol. The molecule has 7 heteroatoms. The third-order valence-electron chi connectivity index (χ3n) is 6.45. The van der Waals surface area contributed by atoms with Gasteiger partial charge in [-0.3, -0.25) is 4.99 Å². The van der Waals surface area contributed by atoms with E-state index in [9.17, 15) is 0 Å². The predicted molar refractivity (Wildman–Crippen MR) is 131 cm³/mol. The van der Waals surface area contributed by atoms with Crippen LogP contribution in [0, 0.1) is 5.92 Å². The zero-order valence-corrected chi connectivity index (χ0v) is 18.4. The Kier molecular flexibility index (Phi) is 4.87. The van der Waals surface area contributed by atoms with Crippen LogP contribution in [-0.4, -0.2) is 32.3 Å². The SMILES string of the molecule is C[C@H](Nc1nccc(NC2=NCC([C@H]3C[C@@H]3c3ccccc3)=C2)n1)c1ccc2nc[nH]c2c1. The van der Waals surface area contributed by atoms with E-state index in [1.54, 1.807) is 12.5 Å². The number of hydrogen-bond acceptors (Lipinski definition) is 6. The second kappa shape index (κ2) is 8.16. The number of anilines is 2. The molecule has 1 saturated carbocycles. The fourth-order valence-corrected chi connectivity index (χ4v) is 4.55. The second-order valence-electron chi connectivity index (χ2n) is 8.72. The van der Waals surface area contributed by atoms with Gasteiger partial charge in [0.25, 0.3) is 0 Å². The first-order chi connectivity index (χ1) is 16.2. The Labute approximate surface area is 192 Å². The second-order valence-corrected chi connectivity index (χ2v) is 8.72. The first kappa shape index (κ1) is 19.7. The minimum absolute atomic E-state index is 0.0491. The van der Waals surface area contributed by atoms with E-state index in [0.717, 1.165) is 34.8 Å². The van der Waals surface area contributed by atoms with Crippen molar-refractivity contribution >= 4 is 28.6 Å². The molecule has 0 unspecified atom stereocenters. The van der Waals surface area contributed by atoms with Gasteiger partial charge in [0.1, 0.15) is 11.7 Å². The number of aromatic amines is 1. The van der Waals surface area contributed by atoms with Crippen LogP contribution in [-0.2, 0) is 0 Å². The van der Waals surface area contributed by atoms with Gasteiger partial charge in [0.15, 0.2) is 0 Å². The Hall–Kier alpha value is -4.00. The number of amidine groups is 1. The lowest BCUT2D eigenvalue weighted by atomic mass is 10.1. The maximum Gasteiger partial charge on any atom is 0.225 e. The smallest absolute Gasteiger partial charge is 0.225 e. The van der Waals surface area contributed by atoms with Crippen LogP contribution in [0.2, 0.25) is 0 Å². The summed E-state index contributed by atoms with van der Waals surface area (Å²) >= 11 is 0. The summed E-state index contributed by atoms with van der Waals surface area (Å²) in [5.74, 6) is 3.41. The van der Waals surface area contributed by atoms with E-state index in [1.165, 1.54) is 17.6 Å². The van der Waals surface area contributed by atoms with Crippen molar-refractivity contribution in [3.63, 3.8) is 0 Å². The van der Waals surface area contributed by atoms with E-state index >= 15 is 0 Å². The lowest BCUT2D eigenvalue weighted by Gasteiger charge is -2.15. The van der Waals surface area contributed by atoms with Crippen LogP contribution in [0.1, 0.15) is 36.4 Å². The molecule has 0 spiro atoms. The Balaban J connectivity index is 1.10. The molecular formula is C26H25N7. The third-order valence-corrected chi connectivity index (χ3v) is 6.45. The van der Waals surface area contributed by atoms with Crippen molar-refractivity contribution in [2.45, 2.75) is 25.3 Å². The zero-order chi connectivity index (χ0) is 22.2. The van der Waals surface area contributed by atoms with E-state index in [0.29, 0.717) is 17.8 Å². The van der Waals surface area contributed by atoms with Gasteiger partial charge in [-0.1, -0.05) is 36.4 Å². The van der Waals surface area contributed by atoms with Crippen molar-refractivity contribution in [1.29, 1.82) is 0 Å². The van der Waals surface area contributed by atoms with Crippen LogP contribution in [0.4, 0.5) is 11.8 Å². The fraction of sp³-hybridized carbons (Fsp3) is 0.231. The summed E-state index contributed by atoms with van der Waals surface area (Å²) in [5, 5.41) is 6.74. The molecule has 0 amide bonds. The molecule has 33 heavy (non-hydrogen) atoms. The number of aromatic nitrogens is 4. The van der Waals surface area contributed by atoms with Gasteiger partial charge in [0, 0.05) is 6.20 Å². The van der Waals surface area contributed by atoms with Gasteiger partial charge in [0.05, 0.1) is 29.9 Å². The molecule has 164 valence electrons. The van der Waals surface area contributed by atoms with Gasteiger partial charge in [-0.2, -0.15) is 4.98 Å². The summed E-state index contributed by atoms with van der Waals surface area (Å²) in [4.78, 5) is 21.2. The van der Waals surface area contributed by atoms with Gasteiger partial charge in [-0.15, -0.1) is 0 Å². The number of fused-ring (bicyclic) bond motifs is 1. The van der Waals surface area contributed by atoms with Crippen molar-refractivity contribution in [2.75, 3.05) is 17.2 Å². The molecular weight excluding hydrogens is 410 g/mol. The predicted octanol–water partition coefficient (Wildman–Crippen LogP) is 5.08. The lowest BCUT2D eigenvalue weighted by Crippen LogP contribution is -2.12. The standard InChI is InChI=1S/C26H25N7/c1-16(18-7-8-22-23(11-18)30-15-29-22)31-26-27-10-9-24(33-26)32-25-12-19(14-28-25)21-13-20(21)17-5-3-2-4-6-17/h2-12,15-16,20-21H,13-14H2,1H3,(H,29,30)(H2,27,28,31,32,33)/t16-,20+,21+/m0/s1. The average Bonchev–Trinajstić information content (AvgIpc) is 3.26. The molecule has 6 rings (SSSR count). The Bertz CT molecular complexity index is 1360. The zero-order valence-electron chi connectivity index (χ0n) is 18.4. The Morgan fingerprint density at radius 3 is 2.85 bits per heavy atom. The van der Waals surface area contributed by atoms with Crippen molar-refractivity contribution in [1.82, 2.24) is 19.9 Å². The summed E-state index contributed by atoms with van der Waals surface area (Å²) in [6.07, 6.45) is 6.86. The van der Waals surface area contributed by atoms with E-state index < -0.39 is 0 Å². The van der Waals surface area contributed by atoms with E-state index in [2.05, 4.69) is 91.0 Å². The minimum atomic E-state index is 0.0491. The molecule has 0 saturated heterocycles. The first-order valence-corrected chi connectivity index (χ1v) is 11.3. The van der Waals surface area contributed by atoms with Crippen molar-refractivity contribution in [3.8, 4) is 0 Å². The maximum atomic E-state index is 4.69. The number of benzene rings is 2. The first-order valence-electron chi connectivity index (χ1n) is 11.3. The van der Waals surface area contributed by atoms with E-state index in [-0.39, 0.29) is 6.04 Å². The van der Waals surface area contributed by atoms with Gasteiger partial charge >= 0.3 is 0 Å². The maximum absolute atomic E-state index is 4.69. The molecule has 2 aromatic heterocycles. The van der Waals surface area contributed by atoms with Gasteiger partial charge in [-0.25, -0.2) is 9.97 Å². The van der Waals surface area contributed by atoms with Crippen LogP contribution in [0.25, 0.3) is 11.0 Å². The van der Waals surface area contributed by atoms with Crippen LogP contribution < -0.4 is 10.6 Å². The normalized spacial score (nSPS) is 20.3. The molecule has 3 atom stereocenters. The topological polar surface area (TPSA) is 90.9 Å². The Morgan fingerprint density at radius 2 is 1.94 bits per heavy atom. The van der Waals surface area contributed by atoms with Crippen LogP contribution in [0.3, 0.4) is 0 Å². The highest BCUT2D eigenvalue weighted by Crippen LogP contribution is 2.52. The third kappa shape index (κ3) is 4.09. The molecule has 0 bridgehead atoms. The number of aliphatic imine (C=N–C) groups is 1. The number of nitrogens with one attached hydrogen (secondary N) is 3. The van der Waals surface area contributed by atoms with E-state index in [4.69, 9.17) is 0 Å². The van der Waals surface area contributed by atoms with Gasteiger partial charge < -0.3 is 15.6 Å². The highest BCUT2D eigenvalue weighted by molar-refractivity contribution is 6.05. The number of imidazole rings is 1. The van der Waals surface area contributed by atoms with Crippen LogP contribution in [0.15, 0.2) is 83.8 Å². The minimum Gasteiger partial charge on any atom is -0.348 e. The molecule has 1 aliphatic heterocycles. The molecule has 1 aliphatic carbocycles. The molecule has 4 aromatic rings. The number of H-pyrrole nitrogens is 1. The van der Waals surface area contributed by atoms with Gasteiger partial charge in [-0.05, 0) is 66.2 Å². The van der Waals surface area contributed by atoms with Crippen LogP contribution in [0.5, 0.6) is 0 Å². The van der Waals surface area contributed by atoms with Crippen molar-refractivity contribution in [2.24, 2.45) is 10.9 Å². The lowest BCUT2D eigenvalue weighted by molar-refractivity contribution is 0.862. The number of nitrogens with zero attached hydrogens (tertiary/aromatic N) is 4. The molecule has 2 aromatic carbocycles. The molecule has 3 N–H and O–H groups in total. The van der Waals surface area contributed by atoms with Crippen LogP contribution >= 0.6 is 0 Å². The number of hydrogen-bond donors (Lipinski definition) is 3. The Morgan fingerprint density at radius 1 is 1.03 bits per heavy atom. The molecule has 7 nitrogen and oxygen atoms in total. The van der Waals surface area contributed by atoms with Gasteiger partial charge in [0.2, 0.25) is 5.95 Å². The summed E-state index contributed by atoms with van der Waals surface area (Å²) < 4.78 is 0. The summed E-state index contributed by atoms with van der Waals surface area (Å²) in [7, 11) is 0. The molecule has 2 aliphatic rings. The quantitative estimate of drug-likeness (QED) is 0.393. The van der Waals surface area contributed by atoms with Crippen molar-refractivity contribution in [3.05, 3.63) is 89.9 Å². The van der Waals surface area contributed by atoms with E-state index in [1.807, 2.05) is 12.1 Å². The highest BCUT2D eigenvalue weighted by atomic mass is 15.2. The summed E-state index contributed by atoms with van der Waals surface area (Å²) in [6.45, 7) is 2.86. The molecule has 3 heterocycles. The molecule has 0 radical (unpaired) electrons. The highest BCUT2D eigenvalue weighted by Gasteiger charge is 2.41. The summed E-state index contributed by atoms with van der Waals surface area (Å²) in [5.41, 5.74) is 5.95. The fourth-order valence-electron chi connectivity index (χ4n) is 4.55. The summed E-state index contributed by atoms with van der Waals surface area (Å²) in [6, 6.07) is 18.9.